The summed E-state index contributed by atoms with van der Waals surface area (Å²) in [4.78, 5) is 15.9. The van der Waals surface area contributed by atoms with Crippen LogP contribution < -0.4 is 15.4 Å². The molecular formula is C31H31F2N7O. The Balaban J connectivity index is 1.11. The summed E-state index contributed by atoms with van der Waals surface area (Å²) in [5.74, 6) is -0.421. The molecule has 3 aliphatic heterocycles. The highest BCUT2D eigenvalue weighted by Gasteiger charge is 2.41. The summed E-state index contributed by atoms with van der Waals surface area (Å²) in [7, 11) is 0. The lowest BCUT2D eigenvalue weighted by atomic mass is 10.00. The van der Waals surface area contributed by atoms with E-state index in [9.17, 15) is 8.78 Å². The van der Waals surface area contributed by atoms with E-state index in [0.29, 0.717) is 5.82 Å². The van der Waals surface area contributed by atoms with Gasteiger partial charge in [0.15, 0.2) is 6.23 Å². The number of H-pyrrole nitrogens is 2. The number of alkyl halides is 2. The Labute approximate surface area is 235 Å². The third-order valence-corrected chi connectivity index (χ3v) is 8.88. The Morgan fingerprint density at radius 2 is 1.80 bits per heavy atom. The Morgan fingerprint density at radius 3 is 2.61 bits per heavy atom. The van der Waals surface area contributed by atoms with Crippen LogP contribution in [0.5, 0.6) is 5.75 Å². The van der Waals surface area contributed by atoms with Gasteiger partial charge in [0.2, 0.25) is 0 Å². The standard InChI is InChI=1S/C31H31F2N7O/c1-17-40-25-7-5-18(24-15-35-29(39-24)30(2)8-3-9-37-30)10-20(25)11-26(40)21-6-4-19(12-27(21)41-17)23-14-34-28(38-23)22-13-31(32,33)16-36-22/h4-7,10-12,14-15,17,22,36-37H,3,8-9,13,16H2,1-2H3,(H,34,38)(H,35,39)/t17?,22-,30-/m0/s1. The lowest BCUT2D eigenvalue weighted by molar-refractivity contribution is 0.0208. The number of nitrogens with one attached hydrogen (secondary N) is 4. The molecule has 3 aliphatic rings. The van der Waals surface area contributed by atoms with Gasteiger partial charge in [-0.25, -0.2) is 18.7 Å². The molecule has 2 aromatic carbocycles. The molecule has 8 nitrogen and oxygen atoms in total. The van der Waals surface area contributed by atoms with Gasteiger partial charge in [-0.15, -0.1) is 0 Å². The molecule has 0 spiro atoms. The van der Waals surface area contributed by atoms with Crippen LogP contribution in [0.3, 0.4) is 0 Å². The van der Waals surface area contributed by atoms with E-state index < -0.39 is 12.0 Å². The van der Waals surface area contributed by atoms with E-state index in [-0.39, 0.29) is 24.7 Å². The largest absolute Gasteiger partial charge is 0.470 e. The number of imidazole rings is 2. The molecule has 6 heterocycles. The Bertz CT molecular complexity index is 1800. The van der Waals surface area contributed by atoms with Crippen LogP contribution >= 0.6 is 0 Å². The molecule has 2 saturated heterocycles. The number of hydrogen-bond donors (Lipinski definition) is 4. The van der Waals surface area contributed by atoms with E-state index in [2.05, 4.69) is 67.4 Å². The van der Waals surface area contributed by atoms with E-state index in [1.165, 1.54) is 0 Å². The van der Waals surface area contributed by atoms with Crippen LogP contribution in [0.1, 0.15) is 57.0 Å². The van der Waals surface area contributed by atoms with Crippen molar-refractivity contribution in [3.63, 3.8) is 0 Å². The zero-order valence-corrected chi connectivity index (χ0v) is 22.9. The molecule has 1 unspecified atom stereocenters. The van der Waals surface area contributed by atoms with Crippen molar-refractivity contribution in [1.29, 1.82) is 0 Å². The van der Waals surface area contributed by atoms with E-state index in [1.807, 2.05) is 25.3 Å². The zero-order chi connectivity index (χ0) is 27.9. The molecule has 5 aromatic rings. The molecule has 4 N–H and O–H groups in total. The molecule has 10 heteroatoms. The van der Waals surface area contributed by atoms with Crippen molar-refractivity contribution in [1.82, 2.24) is 35.1 Å². The minimum Gasteiger partial charge on any atom is -0.470 e. The summed E-state index contributed by atoms with van der Waals surface area (Å²) in [6.07, 6.45) is 5.39. The second-order valence-corrected chi connectivity index (χ2v) is 11.8. The maximum Gasteiger partial charge on any atom is 0.262 e. The number of fused-ring (bicyclic) bond motifs is 5. The van der Waals surface area contributed by atoms with Gasteiger partial charge in [0, 0.05) is 28.5 Å². The van der Waals surface area contributed by atoms with Crippen molar-refractivity contribution in [2.75, 3.05) is 13.1 Å². The minimum atomic E-state index is -2.71. The highest BCUT2D eigenvalue weighted by Crippen LogP contribution is 2.44. The quantitative estimate of drug-likeness (QED) is 0.210. The first-order chi connectivity index (χ1) is 19.8. The summed E-state index contributed by atoms with van der Waals surface area (Å²) in [5.41, 5.74) is 6.86. The van der Waals surface area contributed by atoms with Crippen molar-refractivity contribution in [3.8, 4) is 39.5 Å². The van der Waals surface area contributed by atoms with E-state index in [0.717, 1.165) is 75.6 Å². The number of benzene rings is 2. The van der Waals surface area contributed by atoms with Crippen molar-refractivity contribution in [3.05, 3.63) is 66.5 Å². The summed E-state index contributed by atoms with van der Waals surface area (Å²) in [5, 5.41) is 7.56. The van der Waals surface area contributed by atoms with Crippen LogP contribution in [-0.2, 0) is 5.54 Å². The Morgan fingerprint density at radius 1 is 1.00 bits per heavy atom. The first kappa shape index (κ1) is 24.8. The first-order valence-electron chi connectivity index (χ1n) is 14.2. The molecule has 0 saturated carbocycles. The molecular weight excluding hydrogens is 524 g/mol. The summed E-state index contributed by atoms with van der Waals surface area (Å²) in [6.45, 7) is 4.94. The fourth-order valence-electron chi connectivity index (χ4n) is 6.65. The number of rotatable bonds is 4. The number of aromatic nitrogens is 5. The van der Waals surface area contributed by atoms with Gasteiger partial charge in [-0.3, -0.25) is 0 Å². The average Bonchev–Trinajstić information content (AvgIpc) is 3.78. The summed E-state index contributed by atoms with van der Waals surface area (Å²) < 4.78 is 36.0. The smallest absolute Gasteiger partial charge is 0.262 e. The number of aromatic amines is 2. The normalized spacial score (nSPS) is 24.9. The van der Waals surface area contributed by atoms with Gasteiger partial charge >= 0.3 is 0 Å². The van der Waals surface area contributed by atoms with Crippen LogP contribution in [0.25, 0.3) is 44.7 Å². The van der Waals surface area contributed by atoms with Crippen LogP contribution in [0, 0.1) is 0 Å². The van der Waals surface area contributed by atoms with Crippen LogP contribution in [0.4, 0.5) is 8.78 Å². The minimum absolute atomic E-state index is 0.104. The average molecular weight is 556 g/mol. The topological polar surface area (TPSA) is 95.6 Å². The molecule has 0 amide bonds. The molecule has 41 heavy (non-hydrogen) atoms. The molecule has 8 rings (SSSR count). The fourth-order valence-corrected chi connectivity index (χ4v) is 6.65. The van der Waals surface area contributed by atoms with Gasteiger partial charge in [0.1, 0.15) is 17.4 Å². The number of halogens is 2. The summed E-state index contributed by atoms with van der Waals surface area (Å²) >= 11 is 0. The summed E-state index contributed by atoms with van der Waals surface area (Å²) in [6, 6.07) is 14.3. The van der Waals surface area contributed by atoms with Gasteiger partial charge in [0.05, 0.1) is 53.1 Å². The van der Waals surface area contributed by atoms with E-state index in [4.69, 9.17) is 9.72 Å². The van der Waals surface area contributed by atoms with Crippen LogP contribution in [0.2, 0.25) is 0 Å². The highest BCUT2D eigenvalue weighted by molar-refractivity contribution is 5.92. The monoisotopic (exact) mass is 555 g/mol. The number of hydrogen-bond acceptors (Lipinski definition) is 5. The number of nitrogens with zero attached hydrogens (tertiary/aromatic N) is 3. The second-order valence-electron chi connectivity index (χ2n) is 11.8. The Hall–Kier alpha value is -4.02. The molecule has 3 atom stereocenters. The molecule has 3 aromatic heterocycles. The van der Waals surface area contributed by atoms with Crippen molar-refractivity contribution in [2.24, 2.45) is 0 Å². The fraction of sp³-hybridized carbons (Fsp3) is 0.355. The van der Waals surface area contributed by atoms with Crippen molar-refractivity contribution >= 4 is 10.9 Å². The van der Waals surface area contributed by atoms with Gasteiger partial charge in [0.25, 0.3) is 5.92 Å². The predicted molar refractivity (Wildman–Crippen MR) is 153 cm³/mol. The van der Waals surface area contributed by atoms with Gasteiger partial charge in [-0.2, -0.15) is 0 Å². The molecule has 2 fully saturated rings. The first-order valence-corrected chi connectivity index (χ1v) is 14.2. The predicted octanol–water partition coefficient (Wildman–Crippen LogP) is 6.27. The second kappa shape index (κ2) is 8.74. The lowest BCUT2D eigenvalue weighted by Gasteiger charge is -2.27. The van der Waals surface area contributed by atoms with Crippen LogP contribution in [-0.4, -0.2) is 43.5 Å². The lowest BCUT2D eigenvalue weighted by Crippen LogP contribution is -2.34. The van der Waals surface area contributed by atoms with Gasteiger partial charge < -0.3 is 29.9 Å². The molecule has 210 valence electrons. The third kappa shape index (κ3) is 3.99. The SMILES string of the molecule is CC1Oc2cc(-c3cnc([C@@H]4CC(F)(F)CN4)[nH]3)ccc2-c2cc3cc(-c4cnc([C@]5(C)CCCN5)[nH]4)ccc3n21. The maximum absolute atomic E-state index is 13.7. The van der Waals surface area contributed by atoms with Gasteiger partial charge in [-0.1, -0.05) is 12.1 Å². The molecule has 0 bridgehead atoms. The highest BCUT2D eigenvalue weighted by atomic mass is 19.3. The third-order valence-electron chi connectivity index (χ3n) is 8.88. The molecule has 0 aliphatic carbocycles. The van der Waals surface area contributed by atoms with Crippen molar-refractivity contribution in [2.45, 2.75) is 56.8 Å². The van der Waals surface area contributed by atoms with E-state index >= 15 is 0 Å². The zero-order valence-electron chi connectivity index (χ0n) is 22.9. The molecule has 0 radical (unpaired) electrons. The van der Waals surface area contributed by atoms with E-state index in [1.54, 1.807) is 6.20 Å². The number of ether oxygens (including phenoxy) is 1. The van der Waals surface area contributed by atoms with Crippen LogP contribution in [0.15, 0.2) is 54.9 Å². The Kier molecular flexibility index (Phi) is 5.28. The van der Waals surface area contributed by atoms with Gasteiger partial charge in [-0.05, 0) is 63.6 Å². The maximum atomic E-state index is 13.7. The van der Waals surface area contributed by atoms with Crippen molar-refractivity contribution < 1.29 is 13.5 Å².